The van der Waals surface area contributed by atoms with Crippen molar-refractivity contribution in [2.75, 3.05) is 6.16 Å². The lowest BCUT2D eigenvalue weighted by atomic mass is 10.0. The van der Waals surface area contributed by atoms with Gasteiger partial charge < -0.3 is 9.79 Å². The van der Waals surface area contributed by atoms with Crippen molar-refractivity contribution in [3.8, 4) is 0 Å². The lowest BCUT2D eigenvalue weighted by Gasteiger charge is -2.04. The first kappa shape index (κ1) is 42.3. The molecule has 0 aromatic heterocycles. The highest BCUT2D eigenvalue weighted by atomic mass is 31.2. The summed E-state index contributed by atoms with van der Waals surface area (Å²) in [5.41, 5.74) is 0. The van der Waals surface area contributed by atoms with Crippen molar-refractivity contribution < 1.29 is 14.4 Å². The largest absolute Gasteiger partial charge is 0.325 e. The minimum Gasteiger partial charge on any atom is -0.324 e. The molecule has 0 fully saturated rings. The molecule has 0 aliphatic heterocycles. The summed E-state index contributed by atoms with van der Waals surface area (Å²) in [5, 5.41) is 0. The molecule has 244 valence electrons. The van der Waals surface area contributed by atoms with Crippen LogP contribution in [0, 0.1) is 0 Å². The molecule has 0 aromatic carbocycles. The monoisotopic (exact) mass is 589 g/mol. The molecule has 0 saturated carbocycles. The van der Waals surface area contributed by atoms with E-state index in [1.807, 2.05) is 0 Å². The van der Waals surface area contributed by atoms with Gasteiger partial charge in [0.15, 0.2) is 0 Å². The van der Waals surface area contributed by atoms with Crippen molar-refractivity contribution in [1.29, 1.82) is 0 Å². The van der Waals surface area contributed by atoms with Crippen molar-refractivity contribution in [3.63, 3.8) is 0 Å². The summed E-state index contributed by atoms with van der Waals surface area (Å²) in [6.45, 7) is 6.85. The van der Waals surface area contributed by atoms with Crippen molar-refractivity contribution in [2.24, 2.45) is 0 Å². The minimum atomic E-state index is -3.75. The molecule has 0 aromatic rings. The molecule has 0 spiro atoms. The van der Waals surface area contributed by atoms with Gasteiger partial charge in [0.2, 0.25) is 0 Å². The summed E-state index contributed by atoms with van der Waals surface area (Å²) in [4.78, 5) is 17.5. The van der Waals surface area contributed by atoms with Gasteiger partial charge in [-0.05, 0) is 6.42 Å². The molecule has 0 aliphatic carbocycles. The fourth-order valence-corrected chi connectivity index (χ4v) is 6.12. The van der Waals surface area contributed by atoms with E-state index in [0.717, 1.165) is 12.8 Å². The third-order valence-electron chi connectivity index (χ3n) is 8.26. The van der Waals surface area contributed by atoms with E-state index in [9.17, 15) is 4.57 Å². The highest BCUT2D eigenvalue weighted by molar-refractivity contribution is 7.51. The fourth-order valence-electron chi connectivity index (χ4n) is 5.49. The smallest absolute Gasteiger partial charge is 0.324 e. The van der Waals surface area contributed by atoms with E-state index < -0.39 is 7.60 Å². The maximum Gasteiger partial charge on any atom is 0.325 e. The molecule has 0 amide bonds. The van der Waals surface area contributed by atoms with Crippen LogP contribution in [0.4, 0.5) is 0 Å². The third kappa shape index (κ3) is 45.1. The van der Waals surface area contributed by atoms with E-state index in [0.29, 0.717) is 6.42 Å². The van der Waals surface area contributed by atoms with Gasteiger partial charge in [0.1, 0.15) is 0 Å². The Hall–Kier alpha value is 0.150. The SMILES string of the molecule is CCCCCCCCCCCCCCCCCC.CCCCCCCCCCCCCCCCCCP(=O)(O)O. The molecule has 4 heteroatoms. The second-order valence-electron chi connectivity index (χ2n) is 12.6. The Labute approximate surface area is 254 Å². The van der Waals surface area contributed by atoms with Crippen LogP contribution in [0.3, 0.4) is 0 Å². The van der Waals surface area contributed by atoms with Crippen molar-refractivity contribution >= 4 is 7.60 Å². The second kappa shape index (κ2) is 37.2. The molecule has 0 heterocycles. The Morgan fingerprint density at radius 1 is 0.300 bits per heavy atom. The molecular formula is C36H77O3P. The normalized spacial score (nSPS) is 11.5. The molecular weight excluding hydrogens is 511 g/mol. The van der Waals surface area contributed by atoms with Gasteiger partial charge in [-0.2, -0.15) is 0 Å². The highest BCUT2D eigenvalue weighted by Crippen LogP contribution is 2.35. The van der Waals surface area contributed by atoms with E-state index in [2.05, 4.69) is 20.8 Å². The maximum atomic E-state index is 10.7. The Kier molecular flexibility index (Phi) is 39.3. The third-order valence-corrected chi connectivity index (χ3v) is 9.16. The Morgan fingerprint density at radius 2 is 0.450 bits per heavy atom. The number of hydrogen-bond donors (Lipinski definition) is 2. The predicted octanol–water partition coefficient (Wildman–Crippen LogP) is 13.7. The Morgan fingerprint density at radius 3 is 0.600 bits per heavy atom. The lowest BCUT2D eigenvalue weighted by molar-refractivity contribution is 0.370. The Balaban J connectivity index is 0. The van der Waals surface area contributed by atoms with Crippen molar-refractivity contribution in [2.45, 2.75) is 226 Å². The first-order valence-corrected chi connectivity index (χ1v) is 20.3. The molecule has 0 atom stereocenters. The summed E-state index contributed by atoms with van der Waals surface area (Å²) in [6, 6.07) is 0. The van der Waals surface area contributed by atoms with E-state index in [-0.39, 0.29) is 6.16 Å². The number of rotatable bonds is 32. The minimum absolute atomic E-state index is 0.0610. The van der Waals surface area contributed by atoms with Crippen LogP contribution in [0.15, 0.2) is 0 Å². The van der Waals surface area contributed by atoms with Crippen LogP contribution in [0.25, 0.3) is 0 Å². The van der Waals surface area contributed by atoms with Crippen LogP contribution >= 0.6 is 7.60 Å². The summed E-state index contributed by atoms with van der Waals surface area (Å²) >= 11 is 0. The first-order valence-electron chi connectivity index (χ1n) is 18.5. The zero-order valence-corrected chi connectivity index (χ0v) is 29.0. The predicted molar refractivity (Wildman–Crippen MR) is 182 cm³/mol. The molecule has 2 N–H and O–H groups in total. The quantitative estimate of drug-likeness (QED) is 0.0607. The van der Waals surface area contributed by atoms with Crippen LogP contribution in [-0.2, 0) is 4.57 Å². The zero-order chi connectivity index (χ0) is 29.8. The molecule has 40 heavy (non-hydrogen) atoms. The van der Waals surface area contributed by atoms with Crippen LogP contribution in [0.5, 0.6) is 0 Å². The average Bonchev–Trinajstić information content (AvgIpc) is 2.93. The van der Waals surface area contributed by atoms with Gasteiger partial charge >= 0.3 is 7.60 Å². The van der Waals surface area contributed by atoms with E-state index in [1.54, 1.807) is 0 Å². The van der Waals surface area contributed by atoms with Gasteiger partial charge in [-0.3, -0.25) is 4.57 Å². The zero-order valence-electron chi connectivity index (χ0n) is 28.1. The van der Waals surface area contributed by atoms with Crippen LogP contribution < -0.4 is 0 Å². The Bertz CT molecular complexity index is 461. The van der Waals surface area contributed by atoms with Gasteiger partial charge in [-0.15, -0.1) is 0 Å². The second-order valence-corrected chi connectivity index (χ2v) is 14.4. The molecule has 0 unspecified atom stereocenters. The van der Waals surface area contributed by atoms with Gasteiger partial charge in [-0.25, -0.2) is 0 Å². The summed E-state index contributed by atoms with van der Waals surface area (Å²) in [6.07, 6.45) is 44.0. The topological polar surface area (TPSA) is 57.5 Å². The fraction of sp³-hybridized carbons (Fsp3) is 1.00. The average molecular weight is 589 g/mol. The van der Waals surface area contributed by atoms with Crippen LogP contribution in [0.2, 0.25) is 0 Å². The van der Waals surface area contributed by atoms with E-state index in [1.165, 1.54) is 186 Å². The lowest BCUT2D eigenvalue weighted by Crippen LogP contribution is -1.88. The van der Waals surface area contributed by atoms with Gasteiger partial charge in [0.25, 0.3) is 0 Å². The number of unbranched alkanes of at least 4 members (excludes halogenated alkanes) is 30. The van der Waals surface area contributed by atoms with Gasteiger partial charge in [-0.1, -0.05) is 220 Å². The standard InChI is InChI=1S/C18H39O3P.C18H38/c1-2-3-4-5-6-7-8-9-10-11-12-13-14-15-16-17-18-22(19,20)21;1-3-5-7-9-11-13-15-17-18-16-14-12-10-8-6-4-2/h2-18H2,1H3,(H2,19,20,21);3-18H2,1-2H3. The summed E-state index contributed by atoms with van der Waals surface area (Å²) in [7, 11) is -3.75. The molecule has 3 nitrogen and oxygen atoms in total. The molecule has 0 radical (unpaired) electrons. The molecule has 0 bridgehead atoms. The molecule has 0 rings (SSSR count). The summed E-state index contributed by atoms with van der Waals surface area (Å²) in [5.74, 6) is 0. The van der Waals surface area contributed by atoms with Crippen molar-refractivity contribution in [3.05, 3.63) is 0 Å². The first-order chi connectivity index (χ1) is 19.5. The maximum absolute atomic E-state index is 10.7. The highest BCUT2D eigenvalue weighted by Gasteiger charge is 2.10. The molecule has 0 aliphatic rings. The van der Waals surface area contributed by atoms with E-state index in [4.69, 9.17) is 9.79 Å². The van der Waals surface area contributed by atoms with Crippen molar-refractivity contribution in [1.82, 2.24) is 0 Å². The van der Waals surface area contributed by atoms with Crippen LogP contribution in [-0.4, -0.2) is 15.9 Å². The van der Waals surface area contributed by atoms with Crippen LogP contribution in [0.1, 0.15) is 226 Å². The summed E-state index contributed by atoms with van der Waals surface area (Å²) < 4.78 is 10.7. The van der Waals surface area contributed by atoms with Gasteiger partial charge in [0.05, 0.1) is 0 Å². The molecule has 0 saturated heterocycles. The number of hydrogen-bond acceptors (Lipinski definition) is 1. The van der Waals surface area contributed by atoms with Gasteiger partial charge in [0, 0.05) is 6.16 Å². The van der Waals surface area contributed by atoms with E-state index >= 15 is 0 Å².